The van der Waals surface area contributed by atoms with E-state index in [1.807, 2.05) is 0 Å². The molecule has 0 aromatic rings. The maximum absolute atomic E-state index is 12.0. The first-order chi connectivity index (χ1) is 7.66. The number of ketones is 2. The Hall–Kier alpha value is -1.39. The highest BCUT2D eigenvalue weighted by Gasteiger charge is 2.21. The van der Waals surface area contributed by atoms with Crippen LogP contribution < -0.4 is 0 Å². The van der Waals surface area contributed by atoms with E-state index < -0.39 is 11.2 Å². The number of carbonyl (C=O) groups excluding carboxylic acids is 2. The molecule has 0 heterocycles. The van der Waals surface area contributed by atoms with Gasteiger partial charge >= 0.3 is 0 Å². The molecule has 0 aliphatic heterocycles. The van der Waals surface area contributed by atoms with Crippen molar-refractivity contribution >= 4 is 22.7 Å². The van der Waals surface area contributed by atoms with Gasteiger partial charge in [-0.15, -0.1) is 0 Å². The maximum atomic E-state index is 12.0. The van der Waals surface area contributed by atoms with Crippen molar-refractivity contribution in [2.24, 2.45) is 0 Å². The number of hydrogen-bond acceptors (Lipinski definition) is 3. The van der Waals surface area contributed by atoms with Gasteiger partial charge in [0.2, 0.25) is 0 Å². The Labute approximate surface area is 96.4 Å². The molecular weight excluding hydrogens is 224 g/mol. The third-order valence-corrected chi connectivity index (χ3v) is 3.77. The van der Waals surface area contributed by atoms with Gasteiger partial charge in [0.05, 0.1) is 0 Å². The molecule has 0 radical (unpaired) electrons. The van der Waals surface area contributed by atoms with Gasteiger partial charge in [0.1, 0.15) is 0 Å². The molecule has 0 spiro atoms. The topological polar surface area (TPSA) is 57.2 Å². The normalized spacial score (nSPS) is 20.1. The predicted octanol–water partition coefficient (Wildman–Crippen LogP) is 1.56. The molecule has 4 heteroatoms. The highest BCUT2D eigenvalue weighted by atomic mass is 32.2. The first kappa shape index (κ1) is 11.1. The molecule has 2 rings (SSSR count). The van der Waals surface area contributed by atoms with Crippen LogP contribution in [0.25, 0.3) is 0 Å². The molecular formula is C12H10O3S. The molecule has 3 nitrogen and oxygen atoms in total. The Kier molecular flexibility index (Phi) is 3.22. The fraction of sp³-hybridized carbons (Fsp3) is 0.167. The van der Waals surface area contributed by atoms with E-state index in [1.54, 1.807) is 24.3 Å². The summed E-state index contributed by atoms with van der Waals surface area (Å²) >= 11 is -1.28. The van der Waals surface area contributed by atoms with E-state index in [0.717, 1.165) is 0 Å². The lowest BCUT2D eigenvalue weighted by molar-refractivity contribution is -0.114. The summed E-state index contributed by atoms with van der Waals surface area (Å²) in [6, 6.07) is 0. The van der Waals surface area contributed by atoms with Gasteiger partial charge in [-0.1, -0.05) is 0 Å². The first-order valence-corrected chi connectivity index (χ1v) is 6.06. The summed E-state index contributed by atoms with van der Waals surface area (Å²) < 4.78 is 12.0. The van der Waals surface area contributed by atoms with Crippen LogP contribution in [-0.2, 0) is 20.8 Å². The van der Waals surface area contributed by atoms with Crippen LogP contribution in [0.3, 0.4) is 0 Å². The second kappa shape index (κ2) is 4.63. The minimum Gasteiger partial charge on any atom is -0.606 e. The van der Waals surface area contributed by atoms with Crippen molar-refractivity contribution in [2.75, 3.05) is 0 Å². The zero-order chi connectivity index (χ0) is 11.5. The number of allylic oxidation sites excluding steroid dienone is 6. The van der Waals surface area contributed by atoms with E-state index in [0.29, 0.717) is 22.7 Å². The summed E-state index contributed by atoms with van der Waals surface area (Å²) in [4.78, 5) is 23.2. The lowest BCUT2D eigenvalue weighted by Gasteiger charge is -2.14. The summed E-state index contributed by atoms with van der Waals surface area (Å²) in [5.41, 5.74) is 0. The van der Waals surface area contributed by atoms with Gasteiger partial charge in [0.15, 0.2) is 21.4 Å². The summed E-state index contributed by atoms with van der Waals surface area (Å²) in [5, 5.41) is 0. The molecule has 0 aromatic heterocycles. The predicted molar refractivity (Wildman–Crippen MR) is 61.8 cm³/mol. The minimum atomic E-state index is -1.28. The summed E-state index contributed by atoms with van der Waals surface area (Å²) in [6.07, 6.45) is 9.96. The lowest BCUT2D eigenvalue weighted by Crippen LogP contribution is -2.11. The van der Waals surface area contributed by atoms with Gasteiger partial charge in [0, 0.05) is 24.0 Å². The third-order valence-electron chi connectivity index (χ3n) is 2.30. The quantitative estimate of drug-likeness (QED) is 0.681. The fourth-order valence-corrected chi connectivity index (χ4v) is 2.56. The Balaban J connectivity index is 2.12. The van der Waals surface area contributed by atoms with Crippen LogP contribution in [0.1, 0.15) is 12.8 Å². The van der Waals surface area contributed by atoms with Crippen molar-refractivity contribution in [1.29, 1.82) is 0 Å². The summed E-state index contributed by atoms with van der Waals surface area (Å²) in [5.74, 6) is 0.0354. The SMILES string of the molecule is O=C1C=CC([S+]([O-])C2=CCC(=O)C=C2)=CC1. The zero-order valence-corrected chi connectivity index (χ0v) is 9.33. The number of carbonyl (C=O) groups is 2. The van der Waals surface area contributed by atoms with Crippen LogP contribution in [0.15, 0.2) is 46.3 Å². The van der Waals surface area contributed by atoms with Crippen molar-refractivity contribution in [1.82, 2.24) is 0 Å². The van der Waals surface area contributed by atoms with Gasteiger partial charge in [-0.25, -0.2) is 0 Å². The number of rotatable bonds is 2. The smallest absolute Gasteiger partial charge is 0.159 e. The zero-order valence-electron chi connectivity index (χ0n) is 8.51. The van der Waals surface area contributed by atoms with Crippen molar-refractivity contribution in [3.63, 3.8) is 0 Å². The van der Waals surface area contributed by atoms with E-state index in [9.17, 15) is 14.1 Å². The largest absolute Gasteiger partial charge is 0.606 e. The van der Waals surface area contributed by atoms with E-state index in [-0.39, 0.29) is 11.6 Å². The van der Waals surface area contributed by atoms with E-state index in [1.165, 1.54) is 12.2 Å². The molecule has 0 saturated carbocycles. The molecule has 0 saturated heterocycles. The molecule has 0 amide bonds. The molecule has 16 heavy (non-hydrogen) atoms. The van der Waals surface area contributed by atoms with Gasteiger partial charge in [-0.05, 0) is 36.5 Å². The van der Waals surface area contributed by atoms with Crippen LogP contribution in [0, 0.1) is 0 Å². The second-order valence-corrected chi connectivity index (χ2v) is 4.97. The van der Waals surface area contributed by atoms with Crippen LogP contribution in [0.5, 0.6) is 0 Å². The van der Waals surface area contributed by atoms with Crippen molar-refractivity contribution in [3.8, 4) is 0 Å². The van der Waals surface area contributed by atoms with Gasteiger partial charge in [-0.2, -0.15) is 0 Å². The maximum Gasteiger partial charge on any atom is 0.159 e. The Morgan fingerprint density at radius 1 is 0.875 bits per heavy atom. The van der Waals surface area contributed by atoms with Crippen LogP contribution in [-0.4, -0.2) is 16.1 Å². The van der Waals surface area contributed by atoms with Gasteiger partial charge in [0.25, 0.3) is 0 Å². The van der Waals surface area contributed by atoms with Gasteiger partial charge in [-0.3, -0.25) is 9.59 Å². The van der Waals surface area contributed by atoms with Gasteiger partial charge < -0.3 is 4.55 Å². The Morgan fingerprint density at radius 2 is 1.31 bits per heavy atom. The summed E-state index contributed by atoms with van der Waals surface area (Å²) in [7, 11) is 0. The van der Waals surface area contributed by atoms with Crippen molar-refractivity contribution in [3.05, 3.63) is 46.3 Å². The fourth-order valence-electron chi connectivity index (χ4n) is 1.44. The number of hydrogen-bond donors (Lipinski definition) is 0. The van der Waals surface area contributed by atoms with Crippen molar-refractivity contribution < 1.29 is 14.1 Å². The average Bonchev–Trinajstić information content (AvgIpc) is 2.30. The molecule has 0 fully saturated rings. The monoisotopic (exact) mass is 234 g/mol. The molecule has 0 N–H and O–H groups in total. The highest BCUT2D eigenvalue weighted by Crippen LogP contribution is 2.24. The molecule has 0 bridgehead atoms. The van der Waals surface area contributed by atoms with Crippen LogP contribution in [0.2, 0.25) is 0 Å². The van der Waals surface area contributed by atoms with E-state index in [4.69, 9.17) is 0 Å². The Bertz CT molecular complexity index is 413. The van der Waals surface area contributed by atoms with E-state index in [2.05, 4.69) is 0 Å². The van der Waals surface area contributed by atoms with Crippen molar-refractivity contribution in [2.45, 2.75) is 12.8 Å². The molecule has 2 aliphatic rings. The molecule has 0 unspecified atom stereocenters. The second-order valence-electron chi connectivity index (χ2n) is 3.49. The summed E-state index contributed by atoms with van der Waals surface area (Å²) in [6.45, 7) is 0. The standard InChI is InChI=1S/C12H10O3S/c13-9-1-5-11(6-2-9)16(15)12-7-3-10(14)4-8-12/h1,3,5-8H,2,4H2. The minimum absolute atomic E-state index is 0.0177. The lowest BCUT2D eigenvalue weighted by atomic mass is 10.2. The first-order valence-electron chi connectivity index (χ1n) is 4.91. The van der Waals surface area contributed by atoms with E-state index >= 15 is 0 Å². The Morgan fingerprint density at radius 3 is 1.62 bits per heavy atom. The molecule has 0 atom stereocenters. The average molecular weight is 234 g/mol. The molecule has 2 aliphatic carbocycles. The highest BCUT2D eigenvalue weighted by molar-refractivity contribution is 7.99. The molecule has 82 valence electrons. The third kappa shape index (κ3) is 2.40. The van der Waals surface area contributed by atoms with Crippen LogP contribution >= 0.6 is 0 Å². The molecule has 0 aromatic carbocycles. The van der Waals surface area contributed by atoms with Crippen LogP contribution in [0.4, 0.5) is 0 Å².